The smallest absolute Gasteiger partial charge is 0.220 e. The highest BCUT2D eigenvalue weighted by molar-refractivity contribution is 6.30. The van der Waals surface area contributed by atoms with Crippen molar-refractivity contribution in [2.75, 3.05) is 13.7 Å². The monoisotopic (exact) mass is 347 g/mol. The van der Waals surface area contributed by atoms with Gasteiger partial charge in [-0.3, -0.25) is 4.79 Å². The van der Waals surface area contributed by atoms with Gasteiger partial charge in [0.05, 0.1) is 13.2 Å². The van der Waals surface area contributed by atoms with E-state index in [0.717, 1.165) is 24.2 Å². The number of hydrogen-bond acceptors (Lipinski definition) is 3. The second-order valence-corrected chi connectivity index (χ2v) is 6.01. The number of hydrogen-bond donors (Lipinski definition) is 2. The van der Waals surface area contributed by atoms with Gasteiger partial charge in [0.25, 0.3) is 0 Å². The molecule has 0 saturated carbocycles. The SMILES string of the molecule is COc1ccc(CCCC(=O)NCC(O)c2ccc(Cl)cc2)cc1. The molecule has 128 valence electrons. The molecule has 0 aliphatic heterocycles. The predicted octanol–water partition coefficient (Wildman–Crippen LogP) is 3.52. The van der Waals surface area contributed by atoms with E-state index in [1.54, 1.807) is 31.4 Å². The number of aliphatic hydroxyl groups is 1. The van der Waals surface area contributed by atoms with E-state index in [1.165, 1.54) is 5.56 Å². The summed E-state index contributed by atoms with van der Waals surface area (Å²) in [7, 11) is 1.64. The van der Waals surface area contributed by atoms with Crippen LogP contribution in [0.4, 0.5) is 0 Å². The van der Waals surface area contributed by atoms with Crippen molar-refractivity contribution in [2.24, 2.45) is 0 Å². The molecule has 2 aromatic rings. The summed E-state index contributed by atoms with van der Waals surface area (Å²) in [5.41, 5.74) is 1.91. The van der Waals surface area contributed by atoms with Crippen molar-refractivity contribution < 1.29 is 14.6 Å². The molecule has 0 spiro atoms. The van der Waals surface area contributed by atoms with E-state index >= 15 is 0 Å². The first-order valence-electron chi connectivity index (χ1n) is 7.91. The Morgan fingerprint density at radius 2 is 1.83 bits per heavy atom. The quantitative estimate of drug-likeness (QED) is 0.768. The fourth-order valence-electron chi connectivity index (χ4n) is 2.35. The molecule has 4 nitrogen and oxygen atoms in total. The third-order valence-electron chi connectivity index (χ3n) is 3.78. The van der Waals surface area contributed by atoms with Crippen LogP contribution in [-0.4, -0.2) is 24.7 Å². The molecule has 2 aromatic carbocycles. The summed E-state index contributed by atoms with van der Waals surface area (Å²) in [6, 6.07) is 14.8. The maximum atomic E-state index is 11.9. The van der Waals surface area contributed by atoms with Gasteiger partial charge in [-0.2, -0.15) is 0 Å². The summed E-state index contributed by atoms with van der Waals surface area (Å²) >= 11 is 5.81. The number of aliphatic hydroxyl groups excluding tert-OH is 1. The summed E-state index contributed by atoms with van der Waals surface area (Å²) in [5.74, 6) is 0.768. The van der Waals surface area contributed by atoms with Crippen LogP contribution in [0.3, 0.4) is 0 Å². The van der Waals surface area contributed by atoms with Crippen LogP contribution in [0.2, 0.25) is 5.02 Å². The average molecular weight is 348 g/mol. The summed E-state index contributed by atoms with van der Waals surface area (Å²) in [4.78, 5) is 11.9. The van der Waals surface area contributed by atoms with Gasteiger partial charge in [0, 0.05) is 18.0 Å². The first-order valence-corrected chi connectivity index (χ1v) is 8.29. The Hall–Kier alpha value is -2.04. The Morgan fingerprint density at radius 3 is 2.46 bits per heavy atom. The van der Waals surface area contributed by atoms with Gasteiger partial charge in [0.1, 0.15) is 5.75 Å². The molecule has 0 aliphatic rings. The number of ether oxygens (including phenoxy) is 1. The molecular formula is C19H22ClNO3. The van der Waals surface area contributed by atoms with Gasteiger partial charge in [0.2, 0.25) is 5.91 Å². The maximum Gasteiger partial charge on any atom is 0.220 e. The molecule has 1 atom stereocenters. The molecule has 0 aliphatic carbocycles. The molecule has 2 rings (SSSR count). The number of nitrogens with one attached hydrogen (secondary N) is 1. The number of benzene rings is 2. The Labute approximate surface area is 147 Å². The topological polar surface area (TPSA) is 58.6 Å². The van der Waals surface area contributed by atoms with Crippen LogP contribution in [0.1, 0.15) is 30.1 Å². The first kappa shape index (κ1) is 18.3. The van der Waals surface area contributed by atoms with Crippen LogP contribution in [0, 0.1) is 0 Å². The first-order chi connectivity index (χ1) is 11.6. The second-order valence-electron chi connectivity index (χ2n) is 5.57. The van der Waals surface area contributed by atoms with Crippen molar-refractivity contribution in [1.82, 2.24) is 5.32 Å². The third-order valence-corrected chi connectivity index (χ3v) is 4.03. The lowest BCUT2D eigenvalue weighted by molar-refractivity contribution is -0.121. The average Bonchev–Trinajstić information content (AvgIpc) is 2.61. The van der Waals surface area contributed by atoms with Gasteiger partial charge in [0.15, 0.2) is 0 Å². The molecule has 1 amide bonds. The lowest BCUT2D eigenvalue weighted by Gasteiger charge is -2.12. The summed E-state index contributed by atoms with van der Waals surface area (Å²) < 4.78 is 5.11. The van der Waals surface area contributed by atoms with Gasteiger partial charge < -0.3 is 15.2 Å². The zero-order valence-electron chi connectivity index (χ0n) is 13.7. The normalized spacial score (nSPS) is 11.8. The van der Waals surface area contributed by atoms with E-state index < -0.39 is 6.10 Å². The van der Waals surface area contributed by atoms with E-state index in [9.17, 15) is 9.90 Å². The third kappa shape index (κ3) is 5.87. The molecule has 5 heteroatoms. The van der Waals surface area contributed by atoms with Gasteiger partial charge in [-0.1, -0.05) is 35.9 Å². The lowest BCUT2D eigenvalue weighted by atomic mass is 10.1. The van der Waals surface area contributed by atoms with Crippen molar-refractivity contribution in [3.8, 4) is 5.75 Å². The molecule has 24 heavy (non-hydrogen) atoms. The minimum absolute atomic E-state index is 0.0588. The van der Waals surface area contributed by atoms with Crippen LogP contribution in [0.15, 0.2) is 48.5 Å². The highest BCUT2D eigenvalue weighted by atomic mass is 35.5. The van der Waals surface area contributed by atoms with Crippen LogP contribution < -0.4 is 10.1 Å². The fraction of sp³-hybridized carbons (Fsp3) is 0.316. The minimum atomic E-state index is -0.729. The summed E-state index contributed by atoms with van der Waals surface area (Å²) in [6.07, 6.45) is 1.29. The number of carbonyl (C=O) groups excluding carboxylic acids is 1. The Bertz CT molecular complexity index is 641. The van der Waals surface area contributed by atoms with Gasteiger partial charge in [-0.15, -0.1) is 0 Å². The lowest BCUT2D eigenvalue weighted by Crippen LogP contribution is -2.28. The second kappa shape index (κ2) is 9.30. The Balaban J connectivity index is 1.68. The molecule has 0 fully saturated rings. The van der Waals surface area contributed by atoms with Gasteiger partial charge in [-0.05, 0) is 48.2 Å². The molecular weight excluding hydrogens is 326 g/mol. The van der Waals surface area contributed by atoms with Gasteiger partial charge in [-0.25, -0.2) is 0 Å². The summed E-state index contributed by atoms with van der Waals surface area (Å²) in [6.45, 7) is 0.197. The highest BCUT2D eigenvalue weighted by Gasteiger charge is 2.09. The van der Waals surface area contributed by atoms with Crippen LogP contribution in [0.25, 0.3) is 0 Å². The molecule has 0 radical (unpaired) electrons. The van der Waals surface area contributed by atoms with E-state index in [4.69, 9.17) is 16.3 Å². The van der Waals surface area contributed by atoms with Crippen LogP contribution in [0.5, 0.6) is 5.75 Å². The van der Waals surface area contributed by atoms with Gasteiger partial charge >= 0.3 is 0 Å². The predicted molar refractivity (Wildman–Crippen MR) is 95.4 cm³/mol. The number of aryl methyl sites for hydroxylation is 1. The minimum Gasteiger partial charge on any atom is -0.497 e. The van der Waals surface area contributed by atoms with E-state index in [-0.39, 0.29) is 12.5 Å². The van der Waals surface area contributed by atoms with E-state index in [0.29, 0.717) is 11.4 Å². The van der Waals surface area contributed by atoms with Crippen LogP contribution in [-0.2, 0) is 11.2 Å². The van der Waals surface area contributed by atoms with Crippen molar-refractivity contribution in [1.29, 1.82) is 0 Å². The molecule has 0 bridgehead atoms. The number of amides is 1. The summed E-state index contributed by atoms with van der Waals surface area (Å²) in [5, 5.41) is 13.4. The zero-order chi connectivity index (χ0) is 17.4. The molecule has 0 saturated heterocycles. The van der Waals surface area contributed by atoms with Crippen molar-refractivity contribution >= 4 is 17.5 Å². The van der Waals surface area contributed by atoms with E-state index in [1.807, 2.05) is 24.3 Å². The number of carbonyl (C=O) groups is 1. The number of methoxy groups -OCH3 is 1. The molecule has 0 aromatic heterocycles. The number of halogens is 1. The largest absolute Gasteiger partial charge is 0.497 e. The fourth-order valence-corrected chi connectivity index (χ4v) is 2.47. The zero-order valence-corrected chi connectivity index (χ0v) is 14.4. The van der Waals surface area contributed by atoms with Crippen molar-refractivity contribution in [3.05, 3.63) is 64.7 Å². The maximum absolute atomic E-state index is 11.9. The Morgan fingerprint density at radius 1 is 1.17 bits per heavy atom. The molecule has 2 N–H and O–H groups in total. The van der Waals surface area contributed by atoms with Crippen LogP contribution >= 0.6 is 11.6 Å². The molecule has 1 unspecified atom stereocenters. The van der Waals surface area contributed by atoms with Crippen molar-refractivity contribution in [3.63, 3.8) is 0 Å². The Kier molecular flexibility index (Phi) is 7.09. The highest BCUT2D eigenvalue weighted by Crippen LogP contribution is 2.16. The number of rotatable bonds is 8. The standard InChI is InChI=1S/C19H22ClNO3/c1-24-17-11-5-14(6-12-17)3-2-4-19(23)21-13-18(22)15-7-9-16(20)10-8-15/h5-12,18,22H,2-4,13H2,1H3,(H,21,23). The van der Waals surface area contributed by atoms with Crippen molar-refractivity contribution in [2.45, 2.75) is 25.4 Å². The molecule has 0 heterocycles. The van der Waals surface area contributed by atoms with E-state index in [2.05, 4.69) is 5.32 Å².